The van der Waals surface area contributed by atoms with E-state index in [9.17, 15) is 4.79 Å². The lowest BCUT2D eigenvalue weighted by atomic mass is 10.1. The highest BCUT2D eigenvalue weighted by Crippen LogP contribution is 2.24. The Hall–Kier alpha value is -2.30. The van der Waals surface area contributed by atoms with E-state index in [1.165, 1.54) is 17.3 Å². The van der Waals surface area contributed by atoms with Crippen molar-refractivity contribution < 1.29 is 4.79 Å². The Morgan fingerprint density at radius 2 is 1.88 bits per heavy atom. The number of halogens is 1. The van der Waals surface area contributed by atoms with Crippen LogP contribution in [0.2, 0.25) is 5.02 Å². The number of benzene rings is 2. The molecule has 0 atom stereocenters. The molecule has 26 heavy (non-hydrogen) atoms. The van der Waals surface area contributed by atoms with Gasteiger partial charge in [-0.05, 0) is 61.5 Å². The zero-order chi connectivity index (χ0) is 18.5. The third-order valence-electron chi connectivity index (χ3n) is 4.58. The Kier molecular flexibility index (Phi) is 5.96. The summed E-state index contributed by atoms with van der Waals surface area (Å²) in [7, 11) is 2.15. The average molecular weight is 370 g/mol. The summed E-state index contributed by atoms with van der Waals surface area (Å²) in [4.78, 5) is 16.9. The first kappa shape index (κ1) is 18.5. The van der Waals surface area contributed by atoms with Gasteiger partial charge in [0.25, 0.3) is 0 Å². The maximum atomic E-state index is 12.2. The molecular weight excluding hydrogens is 346 g/mol. The van der Waals surface area contributed by atoms with Crippen molar-refractivity contribution in [1.29, 1.82) is 0 Å². The van der Waals surface area contributed by atoms with Crippen molar-refractivity contribution in [1.82, 2.24) is 4.90 Å². The molecule has 0 unspecified atom stereocenters. The summed E-state index contributed by atoms with van der Waals surface area (Å²) >= 11 is 5.95. The second-order valence-electron chi connectivity index (χ2n) is 6.67. The minimum Gasteiger partial charge on any atom is -0.369 e. The summed E-state index contributed by atoms with van der Waals surface area (Å²) in [5.41, 5.74) is 4.12. The van der Waals surface area contributed by atoms with E-state index in [2.05, 4.69) is 35.2 Å². The van der Waals surface area contributed by atoms with E-state index in [1.54, 1.807) is 6.08 Å². The highest BCUT2D eigenvalue weighted by Gasteiger charge is 2.16. The number of hydrogen-bond acceptors (Lipinski definition) is 3. The van der Waals surface area contributed by atoms with Crippen molar-refractivity contribution in [3.63, 3.8) is 0 Å². The Morgan fingerprint density at radius 3 is 2.58 bits per heavy atom. The standard InChI is InChI=1S/C21H24ClN3O/c1-16-14-19(7-8-20(16)25-12-10-24(2)11-13-25)23-21(26)9-6-17-4-3-5-18(22)15-17/h3-9,14-15H,10-13H2,1-2H3,(H,23,26)/b9-6+. The molecule has 1 aliphatic heterocycles. The van der Waals surface area contributed by atoms with Crippen LogP contribution in [0.3, 0.4) is 0 Å². The zero-order valence-electron chi connectivity index (χ0n) is 15.2. The summed E-state index contributed by atoms with van der Waals surface area (Å²) in [5, 5.41) is 3.57. The summed E-state index contributed by atoms with van der Waals surface area (Å²) in [6.45, 7) is 6.31. The molecule has 1 fully saturated rings. The second kappa shape index (κ2) is 8.39. The molecule has 0 spiro atoms. The first-order valence-electron chi connectivity index (χ1n) is 8.80. The monoisotopic (exact) mass is 369 g/mol. The van der Waals surface area contributed by atoms with Gasteiger partial charge < -0.3 is 15.1 Å². The van der Waals surface area contributed by atoms with Crippen molar-refractivity contribution in [2.75, 3.05) is 43.4 Å². The molecule has 1 amide bonds. The smallest absolute Gasteiger partial charge is 0.248 e. The molecule has 1 saturated heterocycles. The SMILES string of the molecule is Cc1cc(NC(=O)/C=C/c2cccc(Cl)c2)ccc1N1CCN(C)CC1. The Labute approximate surface area is 160 Å². The van der Waals surface area contributed by atoms with Crippen LogP contribution in [0.1, 0.15) is 11.1 Å². The molecule has 1 heterocycles. The number of aryl methyl sites for hydroxylation is 1. The summed E-state index contributed by atoms with van der Waals surface area (Å²) in [6, 6.07) is 13.5. The highest BCUT2D eigenvalue weighted by molar-refractivity contribution is 6.30. The van der Waals surface area contributed by atoms with E-state index in [1.807, 2.05) is 36.4 Å². The molecule has 0 aromatic heterocycles. The van der Waals surface area contributed by atoms with E-state index < -0.39 is 0 Å². The Balaban J connectivity index is 1.63. The lowest BCUT2D eigenvalue weighted by Crippen LogP contribution is -2.44. The zero-order valence-corrected chi connectivity index (χ0v) is 16.0. The molecule has 136 valence electrons. The van der Waals surface area contributed by atoms with Crippen molar-refractivity contribution in [3.8, 4) is 0 Å². The number of amides is 1. The number of nitrogens with one attached hydrogen (secondary N) is 1. The first-order valence-corrected chi connectivity index (χ1v) is 9.18. The van der Waals surface area contributed by atoms with E-state index in [-0.39, 0.29) is 5.91 Å². The number of nitrogens with zero attached hydrogens (tertiary/aromatic N) is 2. The van der Waals surface area contributed by atoms with Gasteiger partial charge in [0.1, 0.15) is 0 Å². The van der Waals surface area contributed by atoms with Crippen LogP contribution in [0.4, 0.5) is 11.4 Å². The van der Waals surface area contributed by atoms with Crippen LogP contribution in [0, 0.1) is 6.92 Å². The van der Waals surface area contributed by atoms with Crippen molar-refractivity contribution in [3.05, 3.63) is 64.7 Å². The number of rotatable bonds is 4. The fourth-order valence-corrected chi connectivity index (χ4v) is 3.30. The number of piperazine rings is 1. The molecule has 0 bridgehead atoms. The molecule has 0 radical (unpaired) electrons. The van der Waals surface area contributed by atoms with Gasteiger partial charge in [-0.15, -0.1) is 0 Å². The molecule has 0 saturated carbocycles. The molecule has 1 aliphatic rings. The van der Waals surface area contributed by atoms with Gasteiger partial charge in [-0.1, -0.05) is 23.7 Å². The quantitative estimate of drug-likeness (QED) is 0.826. The van der Waals surface area contributed by atoms with E-state index in [4.69, 9.17) is 11.6 Å². The van der Waals surface area contributed by atoms with Gasteiger partial charge >= 0.3 is 0 Å². The van der Waals surface area contributed by atoms with E-state index in [0.29, 0.717) is 5.02 Å². The molecule has 3 rings (SSSR count). The summed E-state index contributed by atoms with van der Waals surface area (Å²) in [5.74, 6) is -0.156. The number of anilines is 2. The van der Waals surface area contributed by atoms with Gasteiger partial charge in [-0.3, -0.25) is 4.79 Å². The van der Waals surface area contributed by atoms with Crippen LogP contribution in [0.5, 0.6) is 0 Å². The maximum absolute atomic E-state index is 12.2. The van der Waals surface area contributed by atoms with Crippen LogP contribution in [0.15, 0.2) is 48.5 Å². The van der Waals surface area contributed by atoms with Crippen LogP contribution in [-0.4, -0.2) is 44.0 Å². The molecule has 4 nitrogen and oxygen atoms in total. The number of hydrogen-bond donors (Lipinski definition) is 1. The fourth-order valence-electron chi connectivity index (χ4n) is 3.10. The maximum Gasteiger partial charge on any atom is 0.248 e. The number of carbonyl (C=O) groups is 1. The predicted molar refractivity (Wildman–Crippen MR) is 110 cm³/mol. The van der Waals surface area contributed by atoms with Gasteiger partial charge in [0, 0.05) is 48.7 Å². The predicted octanol–water partition coefficient (Wildman–Crippen LogP) is 4.05. The minimum absolute atomic E-state index is 0.156. The average Bonchev–Trinajstić information content (AvgIpc) is 2.61. The molecule has 5 heteroatoms. The first-order chi connectivity index (χ1) is 12.5. The largest absolute Gasteiger partial charge is 0.369 e. The van der Waals surface area contributed by atoms with Crippen LogP contribution >= 0.6 is 11.6 Å². The molecular formula is C21H24ClN3O. The van der Waals surface area contributed by atoms with Crippen LogP contribution in [-0.2, 0) is 4.79 Å². The van der Waals surface area contributed by atoms with Gasteiger partial charge in [0.2, 0.25) is 5.91 Å². The Bertz CT molecular complexity index is 811. The fraction of sp³-hybridized carbons (Fsp3) is 0.286. The topological polar surface area (TPSA) is 35.6 Å². The van der Waals surface area contributed by atoms with Crippen molar-refractivity contribution in [2.24, 2.45) is 0 Å². The van der Waals surface area contributed by atoms with E-state index >= 15 is 0 Å². The van der Waals surface area contributed by atoms with Gasteiger partial charge in [-0.2, -0.15) is 0 Å². The third kappa shape index (κ3) is 4.87. The molecule has 2 aromatic rings. The molecule has 1 N–H and O–H groups in total. The number of carbonyl (C=O) groups excluding carboxylic acids is 1. The molecule has 0 aliphatic carbocycles. The number of likely N-dealkylation sites (N-methyl/N-ethyl adjacent to an activating group) is 1. The van der Waals surface area contributed by atoms with Crippen molar-refractivity contribution in [2.45, 2.75) is 6.92 Å². The summed E-state index contributed by atoms with van der Waals surface area (Å²) < 4.78 is 0. The Morgan fingerprint density at radius 1 is 1.12 bits per heavy atom. The van der Waals surface area contributed by atoms with Crippen LogP contribution < -0.4 is 10.2 Å². The normalized spacial score (nSPS) is 15.4. The molecule has 2 aromatic carbocycles. The van der Waals surface area contributed by atoms with Gasteiger partial charge in [0.15, 0.2) is 0 Å². The summed E-state index contributed by atoms with van der Waals surface area (Å²) in [6.07, 6.45) is 3.28. The van der Waals surface area contributed by atoms with E-state index in [0.717, 1.165) is 37.4 Å². The lowest BCUT2D eigenvalue weighted by Gasteiger charge is -2.35. The van der Waals surface area contributed by atoms with Gasteiger partial charge in [-0.25, -0.2) is 0 Å². The van der Waals surface area contributed by atoms with Crippen LogP contribution in [0.25, 0.3) is 6.08 Å². The third-order valence-corrected chi connectivity index (χ3v) is 4.82. The van der Waals surface area contributed by atoms with Gasteiger partial charge in [0.05, 0.1) is 0 Å². The van der Waals surface area contributed by atoms with Crippen molar-refractivity contribution >= 4 is 35.0 Å². The highest BCUT2D eigenvalue weighted by atomic mass is 35.5. The minimum atomic E-state index is -0.156. The second-order valence-corrected chi connectivity index (χ2v) is 7.11. The lowest BCUT2D eigenvalue weighted by molar-refractivity contribution is -0.111.